The predicted octanol–water partition coefficient (Wildman–Crippen LogP) is 1.78. The zero-order valence-electron chi connectivity index (χ0n) is 11.3. The number of nitrogens with one attached hydrogen (secondary N) is 1. The SMILES string of the molecule is NNc1ccncc1S(=O)(=O)N(Cc1cccs1)C1CC1. The molecule has 3 rings (SSSR count). The third kappa shape index (κ3) is 2.93. The molecule has 0 atom stereocenters. The average Bonchev–Trinajstić information content (AvgIpc) is 3.20. The fraction of sp³-hybridized carbons (Fsp3) is 0.308. The van der Waals surface area contributed by atoms with Crippen LogP contribution in [0.15, 0.2) is 40.9 Å². The van der Waals surface area contributed by atoms with Gasteiger partial charge in [0.2, 0.25) is 10.0 Å². The van der Waals surface area contributed by atoms with E-state index >= 15 is 0 Å². The van der Waals surface area contributed by atoms with Crippen molar-refractivity contribution in [3.05, 3.63) is 40.8 Å². The Kier molecular flexibility index (Phi) is 3.94. The standard InChI is InChI=1S/C13H16N4O2S2/c14-16-12-5-6-15-8-13(12)21(18,19)17(10-3-4-10)9-11-2-1-7-20-11/h1-2,5-8,10H,3-4,9,14H2,(H,15,16). The van der Waals surface area contributed by atoms with Gasteiger partial charge in [-0.25, -0.2) is 8.42 Å². The van der Waals surface area contributed by atoms with E-state index in [0.29, 0.717) is 12.2 Å². The van der Waals surface area contributed by atoms with Crippen LogP contribution in [0.1, 0.15) is 17.7 Å². The molecule has 1 aliphatic rings. The lowest BCUT2D eigenvalue weighted by atomic mass is 10.4. The Bertz CT molecular complexity index is 712. The van der Waals surface area contributed by atoms with Crippen molar-refractivity contribution >= 4 is 27.0 Å². The van der Waals surface area contributed by atoms with Crippen LogP contribution in [0, 0.1) is 0 Å². The van der Waals surface area contributed by atoms with Crippen LogP contribution >= 0.6 is 11.3 Å². The van der Waals surface area contributed by atoms with Gasteiger partial charge in [0.25, 0.3) is 0 Å². The molecular formula is C13H16N4O2S2. The van der Waals surface area contributed by atoms with E-state index in [1.54, 1.807) is 21.7 Å². The molecule has 3 N–H and O–H groups in total. The number of nitrogens with zero attached hydrogens (tertiary/aromatic N) is 2. The van der Waals surface area contributed by atoms with E-state index in [1.165, 1.54) is 12.4 Å². The second-order valence-electron chi connectivity index (χ2n) is 4.88. The third-order valence-corrected chi connectivity index (χ3v) is 6.16. The highest BCUT2D eigenvalue weighted by molar-refractivity contribution is 7.89. The molecule has 0 bridgehead atoms. The van der Waals surface area contributed by atoms with Gasteiger partial charge in [-0.05, 0) is 30.4 Å². The van der Waals surface area contributed by atoms with Gasteiger partial charge in [0.05, 0.1) is 5.69 Å². The summed E-state index contributed by atoms with van der Waals surface area (Å²) in [7, 11) is -3.62. The Morgan fingerprint density at radius 2 is 2.24 bits per heavy atom. The molecule has 0 radical (unpaired) electrons. The summed E-state index contributed by atoms with van der Waals surface area (Å²) in [5.41, 5.74) is 2.79. The van der Waals surface area contributed by atoms with Gasteiger partial charge in [-0.3, -0.25) is 10.8 Å². The number of aromatic nitrogens is 1. The molecule has 2 aromatic heterocycles. The Morgan fingerprint density at radius 3 is 2.86 bits per heavy atom. The van der Waals surface area contributed by atoms with Gasteiger partial charge in [-0.15, -0.1) is 11.3 Å². The van der Waals surface area contributed by atoms with Crippen molar-refractivity contribution in [1.29, 1.82) is 0 Å². The third-order valence-electron chi connectivity index (χ3n) is 3.37. The average molecular weight is 324 g/mol. The van der Waals surface area contributed by atoms with Crippen molar-refractivity contribution in [3.8, 4) is 0 Å². The molecule has 0 spiro atoms. The largest absolute Gasteiger partial charge is 0.323 e. The van der Waals surface area contributed by atoms with E-state index in [9.17, 15) is 8.42 Å². The van der Waals surface area contributed by atoms with Crippen molar-refractivity contribution in [2.24, 2.45) is 5.84 Å². The van der Waals surface area contributed by atoms with Crippen LogP contribution in [-0.2, 0) is 16.6 Å². The summed E-state index contributed by atoms with van der Waals surface area (Å²) >= 11 is 1.56. The molecule has 0 aliphatic heterocycles. The van der Waals surface area contributed by atoms with Gasteiger partial charge in [0.15, 0.2) is 0 Å². The van der Waals surface area contributed by atoms with E-state index in [4.69, 9.17) is 5.84 Å². The number of thiophene rings is 1. The van der Waals surface area contributed by atoms with Gasteiger partial charge in [0, 0.05) is 29.9 Å². The number of rotatable bonds is 6. The normalized spacial score (nSPS) is 15.3. The number of hydrogen-bond acceptors (Lipinski definition) is 6. The second-order valence-corrected chi connectivity index (χ2v) is 7.77. The first-order valence-electron chi connectivity index (χ1n) is 6.58. The first-order valence-corrected chi connectivity index (χ1v) is 8.90. The molecule has 0 unspecified atom stereocenters. The number of pyridine rings is 1. The maximum atomic E-state index is 12.9. The molecule has 6 nitrogen and oxygen atoms in total. The number of nitrogen functional groups attached to an aromatic ring is 1. The lowest BCUT2D eigenvalue weighted by Crippen LogP contribution is -2.33. The highest BCUT2D eigenvalue weighted by Crippen LogP contribution is 2.35. The molecule has 112 valence electrons. The van der Waals surface area contributed by atoms with Crippen molar-refractivity contribution in [3.63, 3.8) is 0 Å². The van der Waals surface area contributed by atoms with Crippen LogP contribution in [0.25, 0.3) is 0 Å². The van der Waals surface area contributed by atoms with Gasteiger partial charge >= 0.3 is 0 Å². The molecular weight excluding hydrogens is 308 g/mol. The topological polar surface area (TPSA) is 88.3 Å². The van der Waals surface area contributed by atoms with Gasteiger partial charge < -0.3 is 5.43 Å². The van der Waals surface area contributed by atoms with Crippen LogP contribution in [0.2, 0.25) is 0 Å². The van der Waals surface area contributed by atoms with Crippen LogP contribution in [0.3, 0.4) is 0 Å². The minimum atomic E-state index is -3.62. The predicted molar refractivity (Wildman–Crippen MR) is 82.1 cm³/mol. The van der Waals surface area contributed by atoms with E-state index in [0.717, 1.165) is 17.7 Å². The molecule has 2 heterocycles. The molecule has 0 saturated heterocycles. The molecule has 1 aliphatic carbocycles. The van der Waals surface area contributed by atoms with Crippen molar-refractivity contribution in [2.45, 2.75) is 30.3 Å². The highest BCUT2D eigenvalue weighted by atomic mass is 32.2. The molecule has 0 amide bonds. The van der Waals surface area contributed by atoms with E-state index in [1.807, 2.05) is 17.5 Å². The number of sulfonamides is 1. The first-order chi connectivity index (χ1) is 10.1. The molecule has 1 fully saturated rings. The Balaban J connectivity index is 1.97. The van der Waals surface area contributed by atoms with Crippen molar-refractivity contribution < 1.29 is 8.42 Å². The number of hydrogen-bond donors (Lipinski definition) is 2. The number of anilines is 1. The molecule has 1 saturated carbocycles. The van der Waals surface area contributed by atoms with Crippen molar-refractivity contribution in [2.75, 3.05) is 5.43 Å². The molecule has 21 heavy (non-hydrogen) atoms. The maximum Gasteiger partial charge on any atom is 0.247 e. The smallest absolute Gasteiger partial charge is 0.247 e. The van der Waals surface area contributed by atoms with Gasteiger partial charge in [-0.2, -0.15) is 4.31 Å². The number of nitrogens with two attached hydrogens (primary N) is 1. The minimum Gasteiger partial charge on any atom is -0.323 e. The first kappa shape index (κ1) is 14.5. The quantitative estimate of drug-likeness (QED) is 0.624. The van der Waals surface area contributed by atoms with Gasteiger partial charge in [-0.1, -0.05) is 6.07 Å². The van der Waals surface area contributed by atoms with Gasteiger partial charge in [0.1, 0.15) is 4.90 Å². The lowest BCUT2D eigenvalue weighted by molar-refractivity contribution is 0.401. The molecule has 0 aromatic carbocycles. The van der Waals surface area contributed by atoms with Crippen LogP contribution in [-0.4, -0.2) is 23.7 Å². The Labute approximate surface area is 127 Å². The van der Waals surface area contributed by atoms with E-state index in [-0.39, 0.29) is 10.9 Å². The van der Waals surface area contributed by atoms with E-state index in [2.05, 4.69) is 10.4 Å². The fourth-order valence-electron chi connectivity index (χ4n) is 2.16. The van der Waals surface area contributed by atoms with Crippen LogP contribution < -0.4 is 11.3 Å². The summed E-state index contributed by atoms with van der Waals surface area (Å²) in [6.07, 6.45) is 4.65. The lowest BCUT2D eigenvalue weighted by Gasteiger charge is -2.22. The zero-order valence-corrected chi connectivity index (χ0v) is 12.9. The second kappa shape index (κ2) is 5.72. The zero-order chi connectivity index (χ0) is 14.9. The van der Waals surface area contributed by atoms with E-state index < -0.39 is 10.0 Å². The summed E-state index contributed by atoms with van der Waals surface area (Å²) in [5, 5.41) is 1.95. The summed E-state index contributed by atoms with van der Waals surface area (Å²) in [6, 6.07) is 5.50. The minimum absolute atomic E-state index is 0.0722. The van der Waals surface area contributed by atoms with Crippen LogP contribution in [0.4, 0.5) is 5.69 Å². The van der Waals surface area contributed by atoms with Crippen molar-refractivity contribution in [1.82, 2.24) is 9.29 Å². The maximum absolute atomic E-state index is 12.9. The summed E-state index contributed by atoms with van der Waals surface area (Å²) in [5.74, 6) is 5.42. The summed E-state index contributed by atoms with van der Waals surface area (Å²) in [6.45, 7) is 0.392. The fourth-order valence-corrected chi connectivity index (χ4v) is 4.71. The highest BCUT2D eigenvalue weighted by Gasteiger charge is 2.39. The summed E-state index contributed by atoms with van der Waals surface area (Å²) in [4.78, 5) is 5.07. The molecule has 2 aromatic rings. The summed E-state index contributed by atoms with van der Waals surface area (Å²) < 4.78 is 27.4. The van der Waals surface area contributed by atoms with Crippen LogP contribution in [0.5, 0.6) is 0 Å². The monoisotopic (exact) mass is 324 g/mol. The Hall–Kier alpha value is -1.48. The Morgan fingerprint density at radius 1 is 1.43 bits per heavy atom. The molecule has 8 heteroatoms. The number of hydrazine groups is 1.